The number of nitrogens with zero attached hydrogens (tertiary/aromatic N) is 1. The summed E-state index contributed by atoms with van der Waals surface area (Å²) < 4.78 is 5.40. The first kappa shape index (κ1) is 17.3. The molecule has 1 aromatic heterocycles. The highest BCUT2D eigenvalue weighted by Gasteiger charge is 2.26. The molecule has 0 aliphatic carbocycles. The number of thioether (sulfide) groups is 1. The average Bonchev–Trinajstić information content (AvgIpc) is 2.50. The first-order chi connectivity index (χ1) is 9.99. The largest absolute Gasteiger partial charge is 0.618 e. The van der Waals surface area contributed by atoms with Crippen LogP contribution in [0.25, 0.3) is 0 Å². The van der Waals surface area contributed by atoms with Crippen LogP contribution in [0.3, 0.4) is 0 Å². The second-order valence-corrected chi connectivity index (χ2v) is 5.60. The van der Waals surface area contributed by atoms with Gasteiger partial charge < -0.3 is 15.3 Å². The summed E-state index contributed by atoms with van der Waals surface area (Å²) in [5.74, 6) is -0.718. The van der Waals surface area contributed by atoms with Crippen LogP contribution in [-0.2, 0) is 14.3 Å². The van der Waals surface area contributed by atoms with Gasteiger partial charge in [0.1, 0.15) is 6.04 Å². The third kappa shape index (κ3) is 5.26. The van der Waals surface area contributed by atoms with Gasteiger partial charge in [-0.2, -0.15) is 4.73 Å². The lowest BCUT2D eigenvalue weighted by molar-refractivity contribution is -0.645. The molecule has 0 aromatic carbocycles. The van der Waals surface area contributed by atoms with Crippen LogP contribution in [-0.4, -0.2) is 30.8 Å². The molecule has 6 nitrogen and oxygen atoms in total. The van der Waals surface area contributed by atoms with Crippen LogP contribution in [0.5, 0.6) is 0 Å². The zero-order chi connectivity index (χ0) is 15.8. The molecule has 1 heterocycles. The van der Waals surface area contributed by atoms with Crippen molar-refractivity contribution >= 4 is 23.6 Å². The predicted molar refractivity (Wildman–Crippen MR) is 79.5 cm³/mol. The van der Waals surface area contributed by atoms with Crippen molar-refractivity contribution in [3.8, 4) is 0 Å². The van der Waals surface area contributed by atoms with Crippen LogP contribution in [0.1, 0.15) is 20.3 Å². The lowest BCUT2D eigenvalue weighted by atomic mass is 9.99. The fraction of sp³-hybridized carbons (Fsp3) is 0.500. The summed E-state index contributed by atoms with van der Waals surface area (Å²) in [4.78, 5) is 23.6. The number of rotatable bonds is 7. The fourth-order valence-electron chi connectivity index (χ4n) is 1.68. The lowest BCUT2D eigenvalue weighted by Gasteiger charge is -2.21. The Bertz CT molecular complexity index is 496. The Labute approximate surface area is 128 Å². The van der Waals surface area contributed by atoms with Crippen molar-refractivity contribution in [3.63, 3.8) is 0 Å². The Balaban J connectivity index is 2.58. The van der Waals surface area contributed by atoms with Crippen molar-refractivity contribution in [2.75, 3.05) is 12.9 Å². The molecule has 0 saturated carbocycles. The van der Waals surface area contributed by atoms with Crippen molar-refractivity contribution in [3.05, 3.63) is 29.6 Å². The van der Waals surface area contributed by atoms with Crippen molar-refractivity contribution in [2.24, 2.45) is 5.92 Å². The van der Waals surface area contributed by atoms with E-state index in [4.69, 9.17) is 4.74 Å². The van der Waals surface area contributed by atoms with Gasteiger partial charge in [-0.25, -0.2) is 4.79 Å². The Morgan fingerprint density at radius 3 is 2.76 bits per heavy atom. The SMILES string of the molecule is CC[C@@H](C)[C@H](NC(=O)CSc1cccc[n+]1[O-])C(=O)OC. The third-order valence-corrected chi connectivity index (χ3v) is 4.14. The number of nitrogens with one attached hydrogen (secondary N) is 1. The monoisotopic (exact) mass is 312 g/mol. The zero-order valence-corrected chi connectivity index (χ0v) is 13.2. The molecular weight excluding hydrogens is 292 g/mol. The summed E-state index contributed by atoms with van der Waals surface area (Å²) in [6, 6.07) is 4.32. The first-order valence-electron chi connectivity index (χ1n) is 6.67. The van der Waals surface area contributed by atoms with Gasteiger partial charge in [-0.05, 0) is 23.7 Å². The highest BCUT2D eigenvalue weighted by atomic mass is 32.2. The summed E-state index contributed by atoms with van der Waals surface area (Å²) >= 11 is 1.12. The highest BCUT2D eigenvalue weighted by molar-refractivity contribution is 7.99. The minimum Gasteiger partial charge on any atom is -0.618 e. The maximum absolute atomic E-state index is 11.9. The van der Waals surface area contributed by atoms with Crippen LogP contribution in [0.2, 0.25) is 0 Å². The molecule has 0 aliphatic heterocycles. The maximum atomic E-state index is 11.9. The number of methoxy groups -OCH3 is 1. The van der Waals surface area contributed by atoms with Gasteiger partial charge in [0.2, 0.25) is 5.91 Å². The van der Waals surface area contributed by atoms with Crippen LogP contribution in [0, 0.1) is 11.1 Å². The van der Waals surface area contributed by atoms with Crippen LogP contribution in [0.15, 0.2) is 29.4 Å². The number of ether oxygens (including phenoxy) is 1. The number of esters is 1. The number of carbonyl (C=O) groups excluding carboxylic acids is 2. The van der Waals surface area contributed by atoms with Crippen molar-refractivity contribution in [1.82, 2.24) is 5.32 Å². The van der Waals surface area contributed by atoms with E-state index in [2.05, 4.69) is 5.32 Å². The van der Waals surface area contributed by atoms with Gasteiger partial charge in [0.05, 0.1) is 12.9 Å². The van der Waals surface area contributed by atoms with E-state index in [0.717, 1.165) is 18.2 Å². The fourth-order valence-corrected chi connectivity index (χ4v) is 2.40. The van der Waals surface area contributed by atoms with Gasteiger partial charge in [0, 0.05) is 12.1 Å². The molecule has 0 bridgehead atoms. The van der Waals surface area contributed by atoms with E-state index in [1.807, 2.05) is 13.8 Å². The minimum atomic E-state index is -0.664. The molecule has 1 rings (SSSR count). The molecule has 0 unspecified atom stereocenters. The Kier molecular flexibility index (Phi) is 7.01. The van der Waals surface area contributed by atoms with E-state index in [9.17, 15) is 14.8 Å². The number of carbonyl (C=O) groups is 2. The lowest BCUT2D eigenvalue weighted by Crippen LogP contribution is -2.46. The molecule has 7 heteroatoms. The van der Waals surface area contributed by atoms with Crippen LogP contribution >= 0.6 is 11.8 Å². The number of aromatic nitrogens is 1. The van der Waals surface area contributed by atoms with E-state index < -0.39 is 12.0 Å². The van der Waals surface area contributed by atoms with Gasteiger partial charge in [-0.3, -0.25) is 4.79 Å². The molecule has 0 aliphatic rings. The van der Waals surface area contributed by atoms with E-state index >= 15 is 0 Å². The smallest absolute Gasteiger partial charge is 0.328 e. The Morgan fingerprint density at radius 2 is 2.19 bits per heavy atom. The molecule has 2 atom stereocenters. The maximum Gasteiger partial charge on any atom is 0.328 e. The van der Waals surface area contributed by atoms with Gasteiger partial charge in [0.25, 0.3) is 5.03 Å². The minimum absolute atomic E-state index is 0.0208. The normalized spacial score (nSPS) is 13.3. The quantitative estimate of drug-likeness (QED) is 0.353. The second-order valence-electron chi connectivity index (χ2n) is 4.61. The van der Waals surface area contributed by atoms with E-state index in [1.54, 1.807) is 18.2 Å². The molecule has 0 radical (unpaired) electrons. The number of hydrogen-bond donors (Lipinski definition) is 1. The van der Waals surface area contributed by atoms with E-state index in [0.29, 0.717) is 9.76 Å². The van der Waals surface area contributed by atoms with Gasteiger partial charge >= 0.3 is 5.97 Å². The number of hydrogen-bond acceptors (Lipinski definition) is 5. The van der Waals surface area contributed by atoms with E-state index in [1.165, 1.54) is 13.3 Å². The molecule has 116 valence electrons. The molecule has 1 aromatic rings. The summed E-state index contributed by atoms with van der Waals surface area (Å²) in [7, 11) is 1.29. The molecule has 0 spiro atoms. The van der Waals surface area contributed by atoms with Gasteiger partial charge in [-0.15, -0.1) is 0 Å². The molecule has 0 saturated heterocycles. The summed E-state index contributed by atoms with van der Waals surface area (Å²) in [6.45, 7) is 3.81. The standard InChI is InChI=1S/C14H20N2O4S/c1-4-10(2)13(14(18)20-3)15-11(17)9-21-12-7-5-6-8-16(12)19/h5-8,10,13H,4,9H2,1-3H3,(H,15,17)/t10-,13+/m1/s1. The Morgan fingerprint density at radius 1 is 1.48 bits per heavy atom. The summed E-state index contributed by atoms with van der Waals surface area (Å²) in [5, 5.41) is 14.6. The van der Waals surface area contributed by atoms with Crippen molar-refractivity contribution in [2.45, 2.75) is 31.3 Å². The molecule has 1 N–H and O–H groups in total. The number of pyridine rings is 1. The van der Waals surface area contributed by atoms with Crippen molar-refractivity contribution < 1.29 is 19.1 Å². The number of amides is 1. The topological polar surface area (TPSA) is 82.3 Å². The first-order valence-corrected chi connectivity index (χ1v) is 7.66. The average molecular weight is 312 g/mol. The van der Waals surface area contributed by atoms with Crippen LogP contribution in [0.4, 0.5) is 0 Å². The molecule has 0 fully saturated rings. The summed E-state index contributed by atoms with van der Waals surface area (Å²) in [6.07, 6.45) is 2.11. The molecule has 1 amide bonds. The van der Waals surface area contributed by atoms with E-state index in [-0.39, 0.29) is 17.6 Å². The van der Waals surface area contributed by atoms with Gasteiger partial charge in [-0.1, -0.05) is 20.3 Å². The molecular formula is C14H20N2O4S. The zero-order valence-electron chi connectivity index (χ0n) is 12.4. The predicted octanol–water partition coefficient (Wildman–Crippen LogP) is 1.12. The van der Waals surface area contributed by atoms with Gasteiger partial charge in [0.15, 0.2) is 6.20 Å². The second kappa shape index (κ2) is 8.51. The molecule has 21 heavy (non-hydrogen) atoms. The Hall–Kier alpha value is -1.76. The van der Waals surface area contributed by atoms with Crippen molar-refractivity contribution in [1.29, 1.82) is 0 Å². The summed E-state index contributed by atoms with van der Waals surface area (Å²) in [5.41, 5.74) is 0. The third-order valence-electron chi connectivity index (χ3n) is 3.12. The van der Waals surface area contributed by atoms with Crippen LogP contribution < -0.4 is 10.0 Å². The highest BCUT2D eigenvalue weighted by Crippen LogP contribution is 2.13.